The smallest absolute Gasteiger partial charge is 0.102 e. The number of rotatable bonds is 5. The highest BCUT2D eigenvalue weighted by Gasteiger charge is 2.22. The van der Waals surface area contributed by atoms with Crippen LogP contribution in [0.15, 0.2) is 24.3 Å². The van der Waals surface area contributed by atoms with Gasteiger partial charge < -0.3 is 9.84 Å². The first-order valence-corrected chi connectivity index (χ1v) is 7.55. The average Bonchev–Trinajstić information content (AvgIpc) is 2.46. The minimum Gasteiger partial charge on any atom is -0.386 e. The van der Waals surface area contributed by atoms with E-state index in [2.05, 4.69) is 13.8 Å². The Morgan fingerprint density at radius 2 is 2.00 bits per heavy atom. The molecule has 0 heterocycles. The molecule has 0 aliphatic heterocycles. The standard InChI is InChI=1S/C17H26O2/c1-3-14-5-4-6-16(11-14)19-12-17(18)15-9-7-13(2)8-10-15/h7-10,14,16-18H,3-6,11-12H2,1-2H3. The van der Waals surface area contributed by atoms with Crippen molar-refractivity contribution in [3.8, 4) is 0 Å². The summed E-state index contributed by atoms with van der Waals surface area (Å²) in [6.07, 6.45) is 6.02. The van der Waals surface area contributed by atoms with Gasteiger partial charge in [-0.2, -0.15) is 0 Å². The van der Waals surface area contributed by atoms with Crippen LogP contribution in [0.3, 0.4) is 0 Å². The lowest BCUT2D eigenvalue weighted by molar-refractivity contribution is -0.0339. The minimum atomic E-state index is -0.498. The summed E-state index contributed by atoms with van der Waals surface area (Å²) in [5, 5.41) is 10.1. The summed E-state index contributed by atoms with van der Waals surface area (Å²) in [5.74, 6) is 0.815. The van der Waals surface area contributed by atoms with Crippen molar-refractivity contribution >= 4 is 0 Å². The number of aliphatic hydroxyl groups excluding tert-OH is 1. The van der Waals surface area contributed by atoms with Gasteiger partial charge in [0.1, 0.15) is 6.10 Å². The van der Waals surface area contributed by atoms with Gasteiger partial charge in [-0.3, -0.25) is 0 Å². The van der Waals surface area contributed by atoms with Gasteiger partial charge in [-0.05, 0) is 31.2 Å². The van der Waals surface area contributed by atoms with E-state index in [1.165, 1.54) is 24.8 Å². The number of hydrogen-bond donors (Lipinski definition) is 1. The minimum absolute atomic E-state index is 0.346. The van der Waals surface area contributed by atoms with Crippen molar-refractivity contribution in [1.29, 1.82) is 0 Å². The number of ether oxygens (including phenoxy) is 1. The van der Waals surface area contributed by atoms with E-state index >= 15 is 0 Å². The van der Waals surface area contributed by atoms with Crippen LogP contribution in [-0.2, 0) is 4.74 Å². The molecule has 1 saturated carbocycles. The van der Waals surface area contributed by atoms with Crippen molar-refractivity contribution in [2.75, 3.05) is 6.61 Å². The first-order chi connectivity index (χ1) is 9.19. The quantitative estimate of drug-likeness (QED) is 0.868. The summed E-state index contributed by atoms with van der Waals surface area (Å²) in [5.41, 5.74) is 2.17. The maximum absolute atomic E-state index is 10.1. The molecule has 0 bridgehead atoms. The van der Waals surface area contributed by atoms with Crippen LogP contribution in [-0.4, -0.2) is 17.8 Å². The molecule has 0 radical (unpaired) electrons. The third-order valence-electron chi connectivity index (χ3n) is 4.26. The Morgan fingerprint density at radius 3 is 2.68 bits per heavy atom. The van der Waals surface area contributed by atoms with E-state index in [4.69, 9.17) is 4.74 Å². The summed E-state index contributed by atoms with van der Waals surface area (Å²) < 4.78 is 5.91. The summed E-state index contributed by atoms with van der Waals surface area (Å²) in [7, 11) is 0. The second-order valence-electron chi connectivity index (χ2n) is 5.82. The number of aliphatic hydroxyl groups is 1. The van der Waals surface area contributed by atoms with E-state index < -0.39 is 6.10 Å². The van der Waals surface area contributed by atoms with E-state index in [0.717, 1.165) is 24.3 Å². The predicted molar refractivity (Wildman–Crippen MR) is 78.1 cm³/mol. The van der Waals surface area contributed by atoms with Gasteiger partial charge in [0.2, 0.25) is 0 Å². The molecule has 3 unspecified atom stereocenters. The second-order valence-corrected chi connectivity index (χ2v) is 5.82. The second kappa shape index (κ2) is 7.06. The first-order valence-electron chi connectivity index (χ1n) is 7.55. The van der Waals surface area contributed by atoms with Crippen molar-refractivity contribution in [1.82, 2.24) is 0 Å². The Labute approximate surface area is 116 Å². The molecule has 2 nitrogen and oxygen atoms in total. The lowest BCUT2D eigenvalue weighted by atomic mass is 9.85. The number of benzene rings is 1. The highest BCUT2D eigenvalue weighted by molar-refractivity contribution is 5.23. The molecular formula is C17H26O2. The highest BCUT2D eigenvalue weighted by atomic mass is 16.5. The van der Waals surface area contributed by atoms with Crippen LogP contribution < -0.4 is 0 Å². The molecule has 1 aromatic rings. The Balaban J connectivity index is 1.79. The van der Waals surface area contributed by atoms with Crippen LogP contribution in [0.4, 0.5) is 0 Å². The molecule has 1 fully saturated rings. The zero-order chi connectivity index (χ0) is 13.7. The maximum Gasteiger partial charge on any atom is 0.102 e. The lowest BCUT2D eigenvalue weighted by Crippen LogP contribution is -2.24. The van der Waals surface area contributed by atoms with Gasteiger partial charge in [0.05, 0.1) is 12.7 Å². The molecule has 0 spiro atoms. The Bertz CT molecular complexity index is 371. The molecular weight excluding hydrogens is 236 g/mol. The largest absolute Gasteiger partial charge is 0.386 e. The van der Waals surface area contributed by atoms with Gasteiger partial charge in [0.15, 0.2) is 0 Å². The zero-order valence-electron chi connectivity index (χ0n) is 12.1. The fraction of sp³-hybridized carbons (Fsp3) is 0.647. The van der Waals surface area contributed by atoms with Crippen molar-refractivity contribution in [2.24, 2.45) is 5.92 Å². The SMILES string of the molecule is CCC1CCCC(OCC(O)c2ccc(C)cc2)C1. The van der Waals surface area contributed by atoms with E-state index in [0.29, 0.717) is 12.7 Å². The van der Waals surface area contributed by atoms with Crippen molar-refractivity contribution in [3.05, 3.63) is 35.4 Å². The van der Waals surface area contributed by atoms with Crippen LogP contribution in [0.5, 0.6) is 0 Å². The Morgan fingerprint density at radius 1 is 1.26 bits per heavy atom. The van der Waals surface area contributed by atoms with Crippen molar-refractivity contribution < 1.29 is 9.84 Å². The average molecular weight is 262 g/mol. The Hall–Kier alpha value is -0.860. The molecule has 1 N–H and O–H groups in total. The molecule has 1 aromatic carbocycles. The summed E-state index contributed by atoms with van der Waals surface area (Å²) in [6, 6.07) is 8.04. The highest BCUT2D eigenvalue weighted by Crippen LogP contribution is 2.29. The molecule has 2 rings (SSSR count). The lowest BCUT2D eigenvalue weighted by Gasteiger charge is -2.29. The molecule has 2 heteroatoms. The number of hydrogen-bond acceptors (Lipinski definition) is 2. The molecule has 1 aliphatic carbocycles. The van der Waals surface area contributed by atoms with Crippen LogP contribution in [0.1, 0.15) is 56.3 Å². The molecule has 0 saturated heterocycles. The molecule has 0 aromatic heterocycles. The van der Waals surface area contributed by atoms with Gasteiger partial charge in [0, 0.05) is 0 Å². The van der Waals surface area contributed by atoms with Crippen LogP contribution in [0.25, 0.3) is 0 Å². The fourth-order valence-electron chi connectivity index (χ4n) is 2.88. The maximum atomic E-state index is 10.1. The molecule has 106 valence electrons. The molecule has 0 amide bonds. The van der Waals surface area contributed by atoms with Crippen LogP contribution in [0, 0.1) is 12.8 Å². The summed E-state index contributed by atoms with van der Waals surface area (Å²) in [6.45, 7) is 4.73. The van der Waals surface area contributed by atoms with E-state index in [1.807, 2.05) is 24.3 Å². The normalized spacial score (nSPS) is 25.2. The molecule has 19 heavy (non-hydrogen) atoms. The predicted octanol–water partition coefficient (Wildman–Crippen LogP) is 4.01. The van der Waals surface area contributed by atoms with Gasteiger partial charge >= 0.3 is 0 Å². The molecule has 1 aliphatic rings. The van der Waals surface area contributed by atoms with Gasteiger partial charge in [-0.25, -0.2) is 0 Å². The third kappa shape index (κ3) is 4.32. The fourth-order valence-corrected chi connectivity index (χ4v) is 2.88. The van der Waals surface area contributed by atoms with Gasteiger partial charge in [-0.15, -0.1) is 0 Å². The third-order valence-corrected chi connectivity index (χ3v) is 4.26. The van der Waals surface area contributed by atoms with E-state index in [1.54, 1.807) is 0 Å². The monoisotopic (exact) mass is 262 g/mol. The van der Waals surface area contributed by atoms with E-state index in [9.17, 15) is 5.11 Å². The zero-order valence-corrected chi connectivity index (χ0v) is 12.1. The van der Waals surface area contributed by atoms with Crippen LogP contribution in [0.2, 0.25) is 0 Å². The van der Waals surface area contributed by atoms with Crippen LogP contribution >= 0.6 is 0 Å². The van der Waals surface area contributed by atoms with Gasteiger partial charge in [0.25, 0.3) is 0 Å². The summed E-state index contributed by atoms with van der Waals surface area (Å²) >= 11 is 0. The van der Waals surface area contributed by atoms with Crippen molar-refractivity contribution in [2.45, 2.75) is 58.2 Å². The number of aryl methyl sites for hydroxylation is 1. The van der Waals surface area contributed by atoms with Gasteiger partial charge in [-0.1, -0.05) is 56.0 Å². The summed E-state index contributed by atoms with van der Waals surface area (Å²) in [4.78, 5) is 0. The topological polar surface area (TPSA) is 29.5 Å². The van der Waals surface area contributed by atoms with E-state index in [-0.39, 0.29) is 0 Å². The molecule has 3 atom stereocenters. The first kappa shape index (κ1) is 14.5. The van der Waals surface area contributed by atoms with Crippen molar-refractivity contribution in [3.63, 3.8) is 0 Å². The Kier molecular flexibility index (Phi) is 5.41.